The largest absolute Gasteiger partial charge is 0.321 e. The molecular formula is C16H26N4. The molecule has 4 heteroatoms. The molecule has 5 rings (SSSR count). The van der Waals surface area contributed by atoms with Crippen LogP contribution >= 0.6 is 0 Å². The maximum Gasteiger partial charge on any atom is 0.150 e. The van der Waals surface area contributed by atoms with Gasteiger partial charge in [-0.3, -0.25) is 0 Å². The molecule has 4 saturated carbocycles. The molecule has 4 aliphatic rings. The average molecular weight is 274 g/mol. The molecule has 1 aromatic heterocycles. The number of hydrogen-bond acceptors (Lipinski definition) is 3. The fourth-order valence-corrected chi connectivity index (χ4v) is 5.61. The highest BCUT2D eigenvalue weighted by atomic mass is 15.3. The Morgan fingerprint density at radius 3 is 2.25 bits per heavy atom. The van der Waals surface area contributed by atoms with E-state index < -0.39 is 0 Å². The van der Waals surface area contributed by atoms with Crippen molar-refractivity contribution in [2.45, 2.75) is 58.0 Å². The topological polar surface area (TPSA) is 56.7 Å². The van der Waals surface area contributed by atoms with E-state index in [0.717, 1.165) is 29.5 Å². The van der Waals surface area contributed by atoms with E-state index in [1.807, 2.05) is 6.33 Å². The third-order valence-corrected chi connectivity index (χ3v) is 6.17. The molecule has 4 aliphatic carbocycles. The van der Waals surface area contributed by atoms with Gasteiger partial charge in [-0.15, -0.1) is 10.2 Å². The highest BCUT2D eigenvalue weighted by molar-refractivity contribution is 5.07. The van der Waals surface area contributed by atoms with Crippen molar-refractivity contribution in [3.63, 3.8) is 0 Å². The van der Waals surface area contributed by atoms with Gasteiger partial charge in [0.25, 0.3) is 0 Å². The van der Waals surface area contributed by atoms with Gasteiger partial charge in [-0.1, -0.05) is 0 Å². The lowest BCUT2D eigenvalue weighted by atomic mass is 9.50. The second kappa shape index (κ2) is 4.55. The van der Waals surface area contributed by atoms with Crippen molar-refractivity contribution < 1.29 is 0 Å². The van der Waals surface area contributed by atoms with Gasteiger partial charge in [-0.25, -0.2) is 0 Å². The molecule has 0 radical (unpaired) electrons. The molecule has 0 spiro atoms. The zero-order valence-electron chi connectivity index (χ0n) is 12.6. The minimum absolute atomic E-state index is 0.0786. The van der Waals surface area contributed by atoms with Gasteiger partial charge in [0.2, 0.25) is 0 Å². The number of nitrogens with two attached hydrogens (primary N) is 1. The third-order valence-electron chi connectivity index (χ3n) is 6.17. The smallest absolute Gasteiger partial charge is 0.150 e. The lowest BCUT2D eigenvalue weighted by Gasteiger charge is -2.55. The van der Waals surface area contributed by atoms with E-state index in [1.165, 1.54) is 32.1 Å². The molecule has 1 aromatic rings. The molecule has 4 fully saturated rings. The van der Waals surface area contributed by atoms with Gasteiger partial charge in [0.15, 0.2) is 0 Å². The molecule has 2 N–H and O–H groups in total. The zero-order valence-corrected chi connectivity index (χ0v) is 12.6. The first-order valence-electron chi connectivity index (χ1n) is 8.28. The molecule has 4 nitrogen and oxygen atoms in total. The number of aromatic nitrogens is 3. The predicted molar refractivity (Wildman–Crippen MR) is 77.9 cm³/mol. The zero-order chi connectivity index (χ0) is 13.9. The SMILES string of the molecule is CC(C)n1cnnc1C(N)C1C2CC3CC(C2)CC1C3. The first kappa shape index (κ1) is 12.8. The Morgan fingerprint density at radius 2 is 1.70 bits per heavy atom. The molecule has 110 valence electrons. The van der Waals surface area contributed by atoms with Crippen molar-refractivity contribution >= 4 is 0 Å². The van der Waals surface area contributed by atoms with E-state index in [1.54, 1.807) is 0 Å². The van der Waals surface area contributed by atoms with Gasteiger partial charge in [0.05, 0.1) is 6.04 Å². The number of rotatable bonds is 3. The van der Waals surface area contributed by atoms with Gasteiger partial charge in [0.1, 0.15) is 12.2 Å². The van der Waals surface area contributed by atoms with Gasteiger partial charge in [-0.05, 0) is 75.5 Å². The average Bonchev–Trinajstić information content (AvgIpc) is 2.86. The van der Waals surface area contributed by atoms with Crippen LogP contribution in [-0.4, -0.2) is 14.8 Å². The van der Waals surface area contributed by atoms with E-state index in [4.69, 9.17) is 5.73 Å². The quantitative estimate of drug-likeness (QED) is 0.922. The summed E-state index contributed by atoms with van der Waals surface area (Å²) >= 11 is 0. The normalized spacial score (nSPS) is 40.5. The second-order valence-corrected chi connectivity index (χ2v) is 7.72. The highest BCUT2D eigenvalue weighted by Crippen LogP contribution is 2.58. The summed E-state index contributed by atoms with van der Waals surface area (Å²) in [6.07, 6.45) is 9.01. The summed E-state index contributed by atoms with van der Waals surface area (Å²) in [4.78, 5) is 0. The Kier molecular flexibility index (Phi) is 2.92. The van der Waals surface area contributed by atoms with Gasteiger partial charge in [0, 0.05) is 6.04 Å². The van der Waals surface area contributed by atoms with Crippen LogP contribution in [0.2, 0.25) is 0 Å². The second-order valence-electron chi connectivity index (χ2n) is 7.72. The van der Waals surface area contributed by atoms with E-state index >= 15 is 0 Å². The minimum Gasteiger partial charge on any atom is -0.321 e. The Bertz CT molecular complexity index is 464. The van der Waals surface area contributed by atoms with E-state index in [2.05, 4.69) is 28.6 Å². The van der Waals surface area contributed by atoms with E-state index in [0.29, 0.717) is 12.0 Å². The maximum atomic E-state index is 6.68. The first-order valence-corrected chi connectivity index (χ1v) is 8.28. The van der Waals surface area contributed by atoms with Crippen LogP contribution in [-0.2, 0) is 0 Å². The van der Waals surface area contributed by atoms with Crippen LogP contribution in [0.1, 0.15) is 63.9 Å². The third kappa shape index (κ3) is 1.84. The summed E-state index contributed by atoms with van der Waals surface area (Å²) in [6.45, 7) is 4.35. The van der Waals surface area contributed by atoms with Crippen LogP contribution in [0.4, 0.5) is 0 Å². The predicted octanol–water partition coefficient (Wildman–Crippen LogP) is 2.93. The molecule has 0 saturated heterocycles. The molecular weight excluding hydrogens is 248 g/mol. The van der Waals surface area contributed by atoms with Crippen molar-refractivity contribution in [2.24, 2.45) is 35.3 Å². The van der Waals surface area contributed by atoms with Crippen molar-refractivity contribution in [3.8, 4) is 0 Å². The lowest BCUT2D eigenvalue weighted by molar-refractivity contribution is -0.0487. The molecule has 20 heavy (non-hydrogen) atoms. The Balaban J connectivity index is 1.62. The standard InChI is InChI=1S/C16H26N4/c1-9(2)20-8-18-19-16(20)15(17)14-12-4-10-3-11(6-12)7-13(14)5-10/h8-15H,3-7,17H2,1-2H3. The maximum absolute atomic E-state index is 6.68. The molecule has 0 aliphatic heterocycles. The highest BCUT2D eigenvalue weighted by Gasteiger charge is 2.50. The molecule has 1 atom stereocenters. The van der Waals surface area contributed by atoms with Crippen LogP contribution in [0.15, 0.2) is 6.33 Å². The van der Waals surface area contributed by atoms with Crippen LogP contribution in [0, 0.1) is 29.6 Å². The van der Waals surface area contributed by atoms with Gasteiger partial charge >= 0.3 is 0 Å². The van der Waals surface area contributed by atoms with Crippen LogP contribution in [0.3, 0.4) is 0 Å². The summed E-state index contributed by atoms with van der Waals surface area (Å²) in [6, 6.07) is 0.470. The summed E-state index contributed by atoms with van der Waals surface area (Å²) in [7, 11) is 0. The molecule has 4 bridgehead atoms. The van der Waals surface area contributed by atoms with Crippen LogP contribution in [0.5, 0.6) is 0 Å². The summed E-state index contributed by atoms with van der Waals surface area (Å²) in [5.41, 5.74) is 6.68. The molecule has 0 aromatic carbocycles. The van der Waals surface area contributed by atoms with E-state index in [9.17, 15) is 0 Å². The van der Waals surface area contributed by atoms with Crippen molar-refractivity contribution in [1.82, 2.24) is 14.8 Å². The van der Waals surface area contributed by atoms with Gasteiger partial charge < -0.3 is 10.3 Å². The van der Waals surface area contributed by atoms with Crippen molar-refractivity contribution in [2.75, 3.05) is 0 Å². The Morgan fingerprint density at radius 1 is 1.10 bits per heavy atom. The molecule has 1 heterocycles. The first-order chi connectivity index (χ1) is 9.63. The fraction of sp³-hybridized carbons (Fsp3) is 0.875. The van der Waals surface area contributed by atoms with Crippen molar-refractivity contribution in [1.29, 1.82) is 0 Å². The van der Waals surface area contributed by atoms with Crippen LogP contribution in [0.25, 0.3) is 0 Å². The Labute approximate surface area is 121 Å². The fourth-order valence-electron chi connectivity index (χ4n) is 5.61. The monoisotopic (exact) mass is 274 g/mol. The van der Waals surface area contributed by atoms with Crippen LogP contribution < -0.4 is 5.73 Å². The molecule has 0 amide bonds. The minimum atomic E-state index is 0.0786. The number of hydrogen-bond donors (Lipinski definition) is 1. The van der Waals surface area contributed by atoms with Gasteiger partial charge in [-0.2, -0.15) is 0 Å². The lowest BCUT2D eigenvalue weighted by Crippen LogP contribution is -2.49. The number of nitrogens with zero attached hydrogens (tertiary/aromatic N) is 3. The molecule has 1 unspecified atom stereocenters. The Hall–Kier alpha value is -0.900. The summed E-state index contributed by atoms with van der Waals surface area (Å²) in [5.74, 6) is 5.35. The summed E-state index contributed by atoms with van der Waals surface area (Å²) in [5, 5.41) is 8.47. The summed E-state index contributed by atoms with van der Waals surface area (Å²) < 4.78 is 2.16. The van der Waals surface area contributed by atoms with Crippen molar-refractivity contribution in [3.05, 3.63) is 12.2 Å². The van der Waals surface area contributed by atoms with E-state index in [-0.39, 0.29) is 6.04 Å².